The van der Waals surface area contributed by atoms with Crippen LogP contribution in [0.3, 0.4) is 0 Å². The van der Waals surface area contributed by atoms with E-state index < -0.39 is 0 Å². The Bertz CT molecular complexity index is 674. The van der Waals surface area contributed by atoms with Crippen molar-refractivity contribution < 1.29 is 14.3 Å². The summed E-state index contributed by atoms with van der Waals surface area (Å²) < 4.78 is 5.48. The van der Waals surface area contributed by atoms with Gasteiger partial charge in [-0.2, -0.15) is 0 Å². The minimum absolute atomic E-state index is 0.0302. The molecule has 1 aromatic rings. The Hall–Kier alpha value is -2.08. The van der Waals surface area contributed by atoms with Crippen molar-refractivity contribution in [3.63, 3.8) is 0 Å². The lowest BCUT2D eigenvalue weighted by molar-refractivity contribution is -0.142. The second-order valence-corrected chi connectivity index (χ2v) is 8.78. The Kier molecular flexibility index (Phi) is 7.47. The third-order valence-corrected chi connectivity index (χ3v) is 5.39. The van der Waals surface area contributed by atoms with E-state index in [-0.39, 0.29) is 29.2 Å². The number of amides is 2. The number of nitrogens with zero attached hydrogens (tertiary/aromatic N) is 2. The molecule has 28 heavy (non-hydrogen) atoms. The van der Waals surface area contributed by atoms with Gasteiger partial charge in [0.1, 0.15) is 5.75 Å². The van der Waals surface area contributed by atoms with Crippen molar-refractivity contribution in [1.29, 1.82) is 0 Å². The topological polar surface area (TPSA) is 61.9 Å². The van der Waals surface area contributed by atoms with E-state index in [0.29, 0.717) is 19.6 Å². The van der Waals surface area contributed by atoms with Crippen molar-refractivity contribution >= 4 is 11.8 Å². The van der Waals surface area contributed by atoms with Gasteiger partial charge >= 0.3 is 0 Å². The van der Waals surface area contributed by atoms with Crippen LogP contribution in [0.25, 0.3) is 0 Å². The summed E-state index contributed by atoms with van der Waals surface area (Å²) >= 11 is 0. The van der Waals surface area contributed by atoms with Gasteiger partial charge in [0.25, 0.3) is 0 Å². The molecule has 6 nitrogen and oxygen atoms in total. The minimum atomic E-state index is -0.372. The van der Waals surface area contributed by atoms with Crippen LogP contribution in [0.4, 0.5) is 0 Å². The highest BCUT2D eigenvalue weighted by Crippen LogP contribution is 2.28. The molecule has 1 saturated heterocycles. The quantitative estimate of drug-likeness (QED) is 0.813. The third-order valence-electron chi connectivity index (χ3n) is 5.39. The van der Waals surface area contributed by atoms with Crippen molar-refractivity contribution in [3.05, 3.63) is 29.8 Å². The van der Waals surface area contributed by atoms with Crippen molar-refractivity contribution in [2.24, 2.45) is 11.3 Å². The standard InChI is InChI=1S/C22H35N3O3/c1-22(2,3)21(27)25-13-11-16(12-14-25)20(26)23-15-18(24(4)5)17-9-7-8-10-19(17)28-6/h7-10,16,18H,11-15H2,1-6H3,(H,23,26). The molecule has 1 aliphatic rings. The van der Waals surface area contributed by atoms with Crippen LogP contribution in [0.15, 0.2) is 24.3 Å². The molecule has 1 heterocycles. The van der Waals surface area contributed by atoms with Gasteiger partial charge in [-0.3, -0.25) is 9.59 Å². The number of hydrogen-bond acceptors (Lipinski definition) is 4. The highest BCUT2D eigenvalue weighted by atomic mass is 16.5. The second kappa shape index (κ2) is 9.41. The van der Waals surface area contributed by atoms with Crippen LogP contribution >= 0.6 is 0 Å². The van der Waals surface area contributed by atoms with Gasteiger partial charge in [-0.15, -0.1) is 0 Å². The molecular formula is C22H35N3O3. The molecule has 1 atom stereocenters. The number of likely N-dealkylation sites (N-methyl/N-ethyl adjacent to an activating group) is 1. The first-order valence-electron chi connectivity index (χ1n) is 10.0. The number of hydrogen-bond donors (Lipinski definition) is 1. The summed E-state index contributed by atoms with van der Waals surface area (Å²) in [5.74, 6) is 1.02. The molecule has 1 aliphatic heterocycles. The van der Waals surface area contributed by atoms with Crippen LogP contribution < -0.4 is 10.1 Å². The number of likely N-dealkylation sites (tertiary alicyclic amines) is 1. The van der Waals surface area contributed by atoms with Gasteiger partial charge in [-0.25, -0.2) is 0 Å². The lowest BCUT2D eigenvalue weighted by atomic mass is 9.90. The normalized spacial score (nSPS) is 16.8. The molecule has 0 saturated carbocycles. The maximum Gasteiger partial charge on any atom is 0.227 e. The van der Waals surface area contributed by atoms with Gasteiger partial charge in [0.15, 0.2) is 0 Å². The number of para-hydroxylation sites is 1. The Morgan fingerprint density at radius 1 is 1.21 bits per heavy atom. The maximum absolute atomic E-state index is 12.7. The predicted molar refractivity (Wildman–Crippen MR) is 111 cm³/mol. The molecule has 1 N–H and O–H groups in total. The summed E-state index contributed by atoms with van der Waals surface area (Å²) in [7, 11) is 5.66. The third kappa shape index (κ3) is 5.47. The molecule has 1 fully saturated rings. The summed E-state index contributed by atoms with van der Waals surface area (Å²) in [6, 6.07) is 7.93. The molecule has 0 bridgehead atoms. The average molecular weight is 390 g/mol. The summed E-state index contributed by atoms with van der Waals surface area (Å²) in [4.78, 5) is 29.1. The van der Waals surface area contributed by atoms with E-state index in [0.717, 1.165) is 24.2 Å². The van der Waals surface area contributed by atoms with Crippen LogP contribution in [-0.4, -0.2) is 62.5 Å². The highest BCUT2D eigenvalue weighted by molar-refractivity contribution is 5.82. The largest absolute Gasteiger partial charge is 0.496 e. The summed E-state index contributed by atoms with van der Waals surface area (Å²) in [5, 5.41) is 3.12. The van der Waals surface area contributed by atoms with E-state index in [1.54, 1.807) is 7.11 Å². The molecule has 1 unspecified atom stereocenters. The van der Waals surface area contributed by atoms with Gasteiger partial charge in [0, 0.05) is 36.5 Å². The fourth-order valence-electron chi connectivity index (χ4n) is 3.67. The van der Waals surface area contributed by atoms with Crippen LogP contribution in [0, 0.1) is 11.3 Å². The number of methoxy groups -OCH3 is 1. The van der Waals surface area contributed by atoms with Gasteiger partial charge in [-0.05, 0) is 33.0 Å². The number of benzene rings is 1. The van der Waals surface area contributed by atoms with Crippen LogP contribution in [-0.2, 0) is 9.59 Å². The number of nitrogens with one attached hydrogen (secondary N) is 1. The first-order chi connectivity index (χ1) is 13.1. The smallest absolute Gasteiger partial charge is 0.227 e. The fraction of sp³-hybridized carbons (Fsp3) is 0.636. The van der Waals surface area contributed by atoms with Crippen molar-refractivity contribution in [1.82, 2.24) is 15.1 Å². The lowest BCUT2D eigenvalue weighted by Gasteiger charge is -2.35. The highest BCUT2D eigenvalue weighted by Gasteiger charge is 2.32. The van der Waals surface area contributed by atoms with Crippen molar-refractivity contribution in [2.75, 3.05) is 40.8 Å². The molecule has 6 heteroatoms. The first-order valence-corrected chi connectivity index (χ1v) is 10.0. The Labute approximate surface area is 169 Å². The van der Waals surface area contributed by atoms with E-state index in [9.17, 15) is 9.59 Å². The average Bonchev–Trinajstić information content (AvgIpc) is 2.67. The number of ether oxygens (including phenoxy) is 1. The lowest BCUT2D eigenvalue weighted by Crippen LogP contribution is -2.47. The zero-order chi connectivity index (χ0) is 20.9. The molecule has 2 amide bonds. The predicted octanol–water partition coefficient (Wildman–Crippen LogP) is 2.70. The van der Waals surface area contributed by atoms with Crippen molar-refractivity contribution in [2.45, 2.75) is 39.7 Å². The van der Waals surface area contributed by atoms with E-state index >= 15 is 0 Å². The van der Waals surface area contributed by atoms with E-state index in [4.69, 9.17) is 4.74 Å². The van der Waals surface area contributed by atoms with E-state index in [2.05, 4.69) is 10.2 Å². The summed E-state index contributed by atoms with van der Waals surface area (Å²) in [5.41, 5.74) is 0.684. The van der Waals surface area contributed by atoms with Gasteiger partial charge < -0.3 is 19.9 Å². The number of rotatable bonds is 6. The molecule has 156 valence electrons. The molecule has 0 aliphatic carbocycles. The molecule has 0 radical (unpaired) electrons. The minimum Gasteiger partial charge on any atom is -0.496 e. The second-order valence-electron chi connectivity index (χ2n) is 8.78. The van der Waals surface area contributed by atoms with Crippen LogP contribution in [0.1, 0.15) is 45.2 Å². The number of piperidine rings is 1. The van der Waals surface area contributed by atoms with Gasteiger partial charge in [0.2, 0.25) is 11.8 Å². The van der Waals surface area contributed by atoms with Gasteiger partial charge in [0.05, 0.1) is 13.2 Å². The zero-order valence-electron chi connectivity index (χ0n) is 18.1. The maximum atomic E-state index is 12.7. The number of carbonyl (C=O) groups excluding carboxylic acids is 2. The van der Waals surface area contributed by atoms with E-state index in [1.807, 2.05) is 64.0 Å². The summed E-state index contributed by atoms with van der Waals surface area (Å²) in [6.45, 7) is 7.64. The monoisotopic (exact) mass is 389 g/mol. The molecule has 0 spiro atoms. The summed E-state index contributed by atoms with van der Waals surface area (Å²) in [6.07, 6.45) is 1.43. The number of carbonyl (C=O) groups is 2. The Balaban J connectivity index is 1.93. The molecule has 2 rings (SSSR count). The Morgan fingerprint density at radius 3 is 2.36 bits per heavy atom. The van der Waals surface area contributed by atoms with Gasteiger partial charge in [-0.1, -0.05) is 39.0 Å². The van der Waals surface area contributed by atoms with Crippen molar-refractivity contribution in [3.8, 4) is 5.75 Å². The van der Waals surface area contributed by atoms with Crippen LogP contribution in [0.5, 0.6) is 5.75 Å². The van der Waals surface area contributed by atoms with E-state index in [1.165, 1.54) is 0 Å². The SMILES string of the molecule is COc1ccccc1C(CNC(=O)C1CCN(C(=O)C(C)(C)C)CC1)N(C)C. The molecule has 1 aromatic carbocycles. The fourth-order valence-corrected chi connectivity index (χ4v) is 3.67. The first kappa shape index (κ1) is 22.2. The molecule has 0 aromatic heterocycles. The Morgan fingerprint density at radius 2 is 1.82 bits per heavy atom. The molecular weight excluding hydrogens is 354 g/mol. The zero-order valence-corrected chi connectivity index (χ0v) is 18.1. The van der Waals surface area contributed by atoms with Crippen LogP contribution in [0.2, 0.25) is 0 Å².